The van der Waals surface area contributed by atoms with Crippen LogP contribution in [0.3, 0.4) is 0 Å². The van der Waals surface area contributed by atoms with E-state index in [1.807, 2.05) is 0 Å². The van der Waals surface area contributed by atoms with Gasteiger partial charge in [0.25, 0.3) is 5.92 Å². The SMILES string of the molecule is O=C(O)N[C@@H](CC(=O)N1CCc2c(nc(-c3ccsc3)nc2C(F)(F)F)C1)CN1CC(F)(F)CCC1=O. The van der Waals surface area contributed by atoms with Crippen molar-refractivity contribution >= 4 is 29.2 Å². The van der Waals surface area contributed by atoms with Crippen LogP contribution in [0.25, 0.3) is 11.4 Å². The second kappa shape index (κ2) is 10.2. The van der Waals surface area contributed by atoms with E-state index < -0.39 is 74.1 Å². The molecule has 1 atom stereocenters. The predicted molar refractivity (Wildman–Crippen MR) is 120 cm³/mol. The molecule has 1 fully saturated rings. The van der Waals surface area contributed by atoms with Crippen LogP contribution in [0.1, 0.15) is 36.2 Å². The van der Waals surface area contributed by atoms with Crippen molar-refractivity contribution < 1.29 is 41.4 Å². The zero-order chi connectivity index (χ0) is 27.0. The third-order valence-electron chi connectivity index (χ3n) is 6.13. The van der Waals surface area contributed by atoms with E-state index in [1.165, 1.54) is 16.2 Å². The molecule has 4 heterocycles. The van der Waals surface area contributed by atoms with Gasteiger partial charge in [0.2, 0.25) is 11.8 Å². The van der Waals surface area contributed by atoms with E-state index in [1.54, 1.807) is 16.8 Å². The Bertz CT molecular complexity index is 1190. The fourth-order valence-corrected chi connectivity index (χ4v) is 5.04. The summed E-state index contributed by atoms with van der Waals surface area (Å²) >= 11 is 1.26. The van der Waals surface area contributed by atoms with Gasteiger partial charge in [-0.2, -0.15) is 24.5 Å². The Morgan fingerprint density at radius 1 is 1.24 bits per heavy atom. The molecule has 2 N–H and O–H groups in total. The minimum absolute atomic E-state index is 0.0247. The second-order valence-electron chi connectivity index (χ2n) is 8.88. The monoisotopic (exact) mass is 547 g/mol. The molecule has 0 radical (unpaired) electrons. The fourth-order valence-electron chi connectivity index (χ4n) is 4.40. The van der Waals surface area contributed by atoms with Gasteiger partial charge in [-0.1, -0.05) is 0 Å². The number of piperidine rings is 1. The molecule has 200 valence electrons. The lowest BCUT2D eigenvalue weighted by Gasteiger charge is -2.35. The van der Waals surface area contributed by atoms with Crippen molar-refractivity contribution in [3.8, 4) is 11.4 Å². The number of rotatable bonds is 6. The summed E-state index contributed by atoms with van der Waals surface area (Å²) in [6, 6.07) is 0.382. The number of alkyl halides is 5. The van der Waals surface area contributed by atoms with Gasteiger partial charge in [-0.25, -0.2) is 23.5 Å². The number of likely N-dealkylation sites (tertiary alicyclic amines) is 1. The second-order valence-corrected chi connectivity index (χ2v) is 9.66. The Labute approximate surface area is 211 Å². The standard InChI is InChI=1S/C22H22F5N5O4S/c23-21(24)4-1-16(33)32(11-21)8-13(28-20(35)36)7-17(34)31-5-2-14-15(9-31)29-19(12-3-6-37-10-12)30-18(14)22(25,26)27/h3,6,10,13,28H,1-2,4-5,7-9,11H2,(H,35,36)/t13-/m0/s1. The third-order valence-corrected chi connectivity index (χ3v) is 6.82. The largest absolute Gasteiger partial charge is 0.465 e. The number of thiophene rings is 1. The van der Waals surface area contributed by atoms with Crippen molar-refractivity contribution in [1.82, 2.24) is 25.1 Å². The Balaban J connectivity index is 1.53. The Morgan fingerprint density at radius 3 is 2.65 bits per heavy atom. The first-order valence-corrected chi connectivity index (χ1v) is 12.2. The van der Waals surface area contributed by atoms with Crippen LogP contribution >= 0.6 is 11.3 Å². The highest BCUT2D eigenvalue weighted by atomic mass is 32.1. The van der Waals surface area contributed by atoms with E-state index in [4.69, 9.17) is 5.11 Å². The molecule has 15 heteroatoms. The number of hydrogen-bond donors (Lipinski definition) is 2. The summed E-state index contributed by atoms with van der Waals surface area (Å²) in [6.07, 6.45) is -7.92. The average molecular weight is 548 g/mol. The van der Waals surface area contributed by atoms with E-state index in [0.29, 0.717) is 5.56 Å². The van der Waals surface area contributed by atoms with Crippen LogP contribution in [0.4, 0.5) is 26.7 Å². The molecule has 0 aromatic carbocycles. The number of carboxylic acid groups (broad SMARTS) is 1. The molecule has 9 nitrogen and oxygen atoms in total. The number of carbonyl (C=O) groups excluding carboxylic acids is 2. The lowest BCUT2D eigenvalue weighted by atomic mass is 10.0. The number of hydrogen-bond acceptors (Lipinski definition) is 6. The number of fused-ring (bicyclic) bond motifs is 1. The third kappa shape index (κ3) is 6.32. The predicted octanol–water partition coefficient (Wildman–Crippen LogP) is 3.39. The minimum Gasteiger partial charge on any atom is -0.465 e. The summed E-state index contributed by atoms with van der Waals surface area (Å²) in [5.41, 5.74) is -0.759. The van der Waals surface area contributed by atoms with Crippen LogP contribution in [-0.2, 0) is 28.7 Å². The fraction of sp³-hybridized carbons (Fsp3) is 0.500. The van der Waals surface area contributed by atoms with Crippen LogP contribution in [0, 0.1) is 0 Å². The number of carbonyl (C=O) groups is 3. The smallest absolute Gasteiger partial charge is 0.433 e. The maximum absolute atomic E-state index is 13.8. The van der Waals surface area contributed by atoms with Gasteiger partial charge in [-0.05, 0) is 17.9 Å². The van der Waals surface area contributed by atoms with Crippen molar-refractivity contribution in [3.05, 3.63) is 33.8 Å². The average Bonchev–Trinajstić information content (AvgIpc) is 3.34. The molecule has 2 aliphatic rings. The van der Waals surface area contributed by atoms with E-state index in [-0.39, 0.29) is 36.6 Å². The van der Waals surface area contributed by atoms with Gasteiger partial charge in [0.15, 0.2) is 11.5 Å². The highest BCUT2D eigenvalue weighted by molar-refractivity contribution is 7.08. The lowest BCUT2D eigenvalue weighted by molar-refractivity contribution is -0.148. The first kappa shape index (κ1) is 26.7. The molecule has 2 aromatic heterocycles. The van der Waals surface area contributed by atoms with Crippen molar-refractivity contribution in [1.29, 1.82) is 0 Å². The van der Waals surface area contributed by atoms with Crippen molar-refractivity contribution in [3.63, 3.8) is 0 Å². The van der Waals surface area contributed by atoms with Crippen LogP contribution in [0.15, 0.2) is 16.8 Å². The van der Waals surface area contributed by atoms with Crippen molar-refractivity contribution in [2.24, 2.45) is 0 Å². The normalized spacial score (nSPS) is 18.4. The molecule has 37 heavy (non-hydrogen) atoms. The topological polar surface area (TPSA) is 116 Å². The summed E-state index contributed by atoms with van der Waals surface area (Å²) in [7, 11) is 0. The Hall–Kier alpha value is -3.36. The molecule has 2 aromatic rings. The molecular weight excluding hydrogens is 525 g/mol. The molecule has 3 amide bonds. The van der Waals surface area contributed by atoms with Gasteiger partial charge in [0.1, 0.15) is 0 Å². The van der Waals surface area contributed by atoms with Crippen LogP contribution < -0.4 is 5.32 Å². The van der Waals surface area contributed by atoms with Crippen LogP contribution in [-0.4, -0.2) is 74.4 Å². The number of nitrogens with one attached hydrogen (secondary N) is 1. The molecule has 0 aliphatic carbocycles. The molecule has 0 saturated carbocycles. The Morgan fingerprint density at radius 2 is 2.00 bits per heavy atom. The van der Waals surface area contributed by atoms with E-state index in [0.717, 1.165) is 4.90 Å². The summed E-state index contributed by atoms with van der Waals surface area (Å²) < 4.78 is 68.8. The minimum atomic E-state index is -4.73. The number of nitrogens with zero attached hydrogens (tertiary/aromatic N) is 4. The van der Waals surface area contributed by atoms with Crippen LogP contribution in [0.5, 0.6) is 0 Å². The van der Waals surface area contributed by atoms with E-state index in [2.05, 4.69) is 15.3 Å². The highest BCUT2D eigenvalue weighted by Gasteiger charge is 2.41. The van der Waals surface area contributed by atoms with E-state index in [9.17, 15) is 36.3 Å². The number of aromatic nitrogens is 2. The van der Waals surface area contributed by atoms with Gasteiger partial charge in [0.05, 0.1) is 24.8 Å². The quantitative estimate of drug-likeness (QED) is 0.536. The maximum atomic E-state index is 13.8. The molecule has 1 saturated heterocycles. The highest BCUT2D eigenvalue weighted by Crippen LogP contribution is 2.35. The summed E-state index contributed by atoms with van der Waals surface area (Å²) in [4.78, 5) is 46.4. The summed E-state index contributed by atoms with van der Waals surface area (Å²) in [5.74, 6) is -4.46. The molecule has 2 aliphatic heterocycles. The number of amides is 3. The van der Waals surface area contributed by atoms with Gasteiger partial charge < -0.3 is 20.2 Å². The molecule has 4 rings (SSSR count). The first-order valence-electron chi connectivity index (χ1n) is 11.2. The first-order chi connectivity index (χ1) is 17.3. The van der Waals surface area contributed by atoms with Crippen molar-refractivity contribution in [2.45, 2.75) is 50.4 Å². The van der Waals surface area contributed by atoms with Gasteiger partial charge in [-0.15, -0.1) is 0 Å². The molecule has 0 unspecified atom stereocenters. The van der Waals surface area contributed by atoms with Crippen molar-refractivity contribution in [2.75, 3.05) is 19.6 Å². The van der Waals surface area contributed by atoms with E-state index >= 15 is 0 Å². The number of halogens is 5. The Kier molecular flexibility index (Phi) is 7.35. The van der Waals surface area contributed by atoms with Crippen LogP contribution in [0.2, 0.25) is 0 Å². The molecule has 0 bridgehead atoms. The summed E-state index contributed by atoms with van der Waals surface area (Å²) in [6.45, 7) is -1.70. The van der Waals surface area contributed by atoms with Gasteiger partial charge >= 0.3 is 12.3 Å². The zero-order valence-corrected chi connectivity index (χ0v) is 20.0. The lowest BCUT2D eigenvalue weighted by Crippen LogP contribution is -2.53. The summed E-state index contributed by atoms with van der Waals surface area (Å²) in [5, 5.41) is 14.5. The van der Waals surface area contributed by atoms with Gasteiger partial charge in [-0.3, -0.25) is 9.59 Å². The molecular formula is C22H22F5N5O4S. The van der Waals surface area contributed by atoms with Gasteiger partial charge in [0, 0.05) is 48.9 Å². The molecule has 0 spiro atoms. The zero-order valence-electron chi connectivity index (χ0n) is 19.2. The maximum Gasteiger partial charge on any atom is 0.433 e.